The van der Waals surface area contributed by atoms with E-state index in [4.69, 9.17) is 10.8 Å². The van der Waals surface area contributed by atoms with Gasteiger partial charge in [0.15, 0.2) is 5.82 Å². The van der Waals surface area contributed by atoms with Crippen LogP contribution in [-0.4, -0.2) is 16.4 Å². The lowest BCUT2D eigenvalue weighted by atomic mass is 10.3. The Morgan fingerprint density at radius 1 is 1.31 bits per heavy atom. The SMILES string of the molecule is Nc1ccon1.O=C(O)Nc1ccccc1. The van der Waals surface area contributed by atoms with E-state index in [0.717, 1.165) is 0 Å². The number of hydrogen-bond donors (Lipinski definition) is 3. The van der Waals surface area contributed by atoms with Gasteiger partial charge in [-0.3, -0.25) is 5.32 Å². The summed E-state index contributed by atoms with van der Waals surface area (Å²) in [6, 6.07) is 10.3. The number of carbonyl (C=O) groups is 1. The first kappa shape index (κ1) is 11.6. The molecule has 0 unspecified atom stereocenters. The second-order valence-corrected chi connectivity index (χ2v) is 2.72. The molecule has 0 saturated carbocycles. The number of amides is 1. The van der Waals surface area contributed by atoms with E-state index in [0.29, 0.717) is 11.5 Å². The lowest BCUT2D eigenvalue weighted by Crippen LogP contribution is -2.06. The van der Waals surface area contributed by atoms with Crippen LogP contribution in [0.3, 0.4) is 0 Å². The number of carboxylic acid groups (broad SMARTS) is 1. The predicted octanol–water partition coefficient (Wildman–Crippen LogP) is 2.03. The Bertz CT molecular complexity index is 414. The van der Waals surface area contributed by atoms with Crippen molar-refractivity contribution in [2.75, 3.05) is 11.1 Å². The molecule has 0 fully saturated rings. The Morgan fingerprint density at radius 3 is 2.38 bits per heavy atom. The van der Waals surface area contributed by atoms with Gasteiger partial charge in [0, 0.05) is 11.8 Å². The van der Waals surface area contributed by atoms with Crippen LogP contribution in [0.15, 0.2) is 47.2 Å². The van der Waals surface area contributed by atoms with E-state index >= 15 is 0 Å². The molecule has 1 heterocycles. The molecule has 0 saturated heterocycles. The minimum Gasteiger partial charge on any atom is -0.465 e. The largest absolute Gasteiger partial charge is 0.465 e. The molecule has 4 N–H and O–H groups in total. The van der Waals surface area contributed by atoms with Crippen molar-refractivity contribution in [1.82, 2.24) is 5.16 Å². The number of nitrogens with two attached hydrogens (primary N) is 1. The molecule has 0 radical (unpaired) electrons. The highest BCUT2D eigenvalue weighted by Crippen LogP contribution is 2.03. The number of anilines is 2. The molecule has 1 amide bonds. The third-order valence-electron chi connectivity index (χ3n) is 1.48. The first-order chi connectivity index (χ1) is 7.68. The first-order valence-corrected chi connectivity index (χ1v) is 4.39. The van der Waals surface area contributed by atoms with E-state index in [-0.39, 0.29) is 0 Å². The average Bonchev–Trinajstić information content (AvgIpc) is 2.71. The Labute approximate surface area is 91.7 Å². The highest BCUT2D eigenvalue weighted by Gasteiger charge is 1.93. The lowest BCUT2D eigenvalue weighted by molar-refractivity contribution is 0.210. The van der Waals surface area contributed by atoms with Crippen LogP contribution in [0, 0.1) is 0 Å². The topological polar surface area (TPSA) is 101 Å². The smallest absolute Gasteiger partial charge is 0.409 e. The molecule has 84 valence electrons. The lowest BCUT2D eigenvalue weighted by Gasteiger charge is -1.96. The highest BCUT2D eigenvalue weighted by molar-refractivity contribution is 5.82. The molecule has 2 rings (SSSR count). The molecule has 16 heavy (non-hydrogen) atoms. The zero-order chi connectivity index (χ0) is 11.8. The summed E-state index contributed by atoms with van der Waals surface area (Å²) in [7, 11) is 0. The number of para-hydroxylation sites is 1. The summed E-state index contributed by atoms with van der Waals surface area (Å²) in [6.07, 6.45) is 0.390. The fourth-order valence-electron chi connectivity index (χ4n) is 0.867. The summed E-state index contributed by atoms with van der Waals surface area (Å²) in [6.45, 7) is 0. The summed E-state index contributed by atoms with van der Waals surface area (Å²) in [5.74, 6) is 0.426. The predicted molar refractivity (Wildman–Crippen MR) is 59.0 cm³/mol. The number of hydrogen-bond acceptors (Lipinski definition) is 4. The summed E-state index contributed by atoms with van der Waals surface area (Å²) >= 11 is 0. The van der Waals surface area contributed by atoms with Crippen molar-refractivity contribution in [1.29, 1.82) is 0 Å². The van der Waals surface area contributed by atoms with E-state index < -0.39 is 6.09 Å². The fourth-order valence-corrected chi connectivity index (χ4v) is 0.867. The minimum absolute atomic E-state index is 0.426. The van der Waals surface area contributed by atoms with Gasteiger partial charge in [0.2, 0.25) is 0 Å². The molecule has 0 aliphatic heterocycles. The average molecular weight is 221 g/mol. The van der Waals surface area contributed by atoms with Crippen molar-refractivity contribution in [3.8, 4) is 0 Å². The summed E-state index contributed by atoms with van der Waals surface area (Å²) in [5, 5.41) is 13.8. The number of benzene rings is 1. The number of nitrogens with zero attached hydrogens (tertiary/aromatic N) is 1. The molecule has 0 bridgehead atoms. The molecule has 1 aromatic carbocycles. The van der Waals surface area contributed by atoms with Gasteiger partial charge in [-0.25, -0.2) is 4.79 Å². The van der Waals surface area contributed by atoms with Gasteiger partial charge >= 0.3 is 6.09 Å². The molecule has 1 aromatic heterocycles. The van der Waals surface area contributed by atoms with Crippen LogP contribution in [0.25, 0.3) is 0 Å². The van der Waals surface area contributed by atoms with Gasteiger partial charge in [0.1, 0.15) is 6.26 Å². The van der Waals surface area contributed by atoms with Crippen LogP contribution in [-0.2, 0) is 0 Å². The Hall–Kier alpha value is -2.50. The molecule has 0 aliphatic rings. The Kier molecular flexibility index (Phi) is 4.39. The van der Waals surface area contributed by atoms with Crippen LogP contribution in [0.4, 0.5) is 16.3 Å². The van der Waals surface area contributed by atoms with E-state index in [1.165, 1.54) is 6.26 Å². The standard InChI is InChI=1S/C7H7NO2.C3H4N2O/c9-7(10)8-6-4-2-1-3-5-6;4-3-1-2-6-5-3/h1-5,8H,(H,9,10);1-2H,(H2,4,5). The first-order valence-electron chi connectivity index (χ1n) is 4.39. The number of aromatic nitrogens is 1. The molecule has 0 atom stereocenters. The van der Waals surface area contributed by atoms with Crippen molar-refractivity contribution < 1.29 is 14.4 Å². The van der Waals surface area contributed by atoms with Crippen molar-refractivity contribution in [2.45, 2.75) is 0 Å². The van der Waals surface area contributed by atoms with E-state index in [9.17, 15) is 4.79 Å². The quantitative estimate of drug-likeness (QED) is 0.683. The van der Waals surface area contributed by atoms with Crippen LogP contribution >= 0.6 is 0 Å². The van der Waals surface area contributed by atoms with Crippen LogP contribution in [0.5, 0.6) is 0 Å². The summed E-state index contributed by atoms with van der Waals surface area (Å²) < 4.78 is 4.34. The maximum Gasteiger partial charge on any atom is 0.409 e. The second-order valence-electron chi connectivity index (χ2n) is 2.72. The van der Waals surface area contributed by atoms with Crippen molar-refractivity contribution in [3.05, 3.63) is 42.7 Å². The van der Waals surface area contributed by atoms with Crippen LogP contribution in [0.1, 0.15) is 0 Å². The van der Waals surface area contributed by atoms with Crippen LogP contribution < -0.4 is 11.1 Å². The van der Waals surface area contributed by atoms with Gasteiger partial charge in [0.25, 0.3) is 0 Å². The summed E-state index contributed by atoms with van der Waals surface area (Å²) in [4.78, 5) is 10.1. The monoisotopic (exact) mass is 221 g/mol. The normalized spacial score (nSPS) is 8.75. The second kappa shape index (κ2) is 6.07. The maximum atomic E-state index is 10.1. The van der Waals surface area contributed by atoms with Crippen molar-refractivity contribution in [2.24, 2.45) is 0 Å². The number of nitrogen functional groups attached to an aromatic ring is 1. The Balaban J connectivity index is 0.000000181. The molecule has 6 heteroatoms. The van der Waals surface area contributed by atoms with Gasteiger partial charge in [-0.1, -0.05) is 23.4 Å². The van der Waals surface area contributed by atoms with E-state index in [1.807, 2.05) is 6.07 Å². The third-order valence-corrected chi connectivity index (χ3v) is 1.48. The summed E-state index contributed by atoms with van der Waals surface area (Å²) in [5.41, 5.74) is 5.67. The molecule has 6 nitrogen and oxygen atoms in total. The molecular formula is C10H11N3O3. The van der Waals surface area contributed by atoms with Gasteiger partial charge < -0.3 is 15.4 Å². The fraction of sp³-hybridized carbons (Fsp3) is 0. The van der Waals surface area contributed by atoms with Crippen LogP contribution in [0.2, 0.25) is 0 Å². The van der Waals surface area contributed by atoms with E-state index in [2.05, 4.69) is 15.0 Å². The maximum absolute atomic E-state index is 10.1. The van der Waals surface area contributed by atoms with Gasteiger partial charge in [0.05, 0.1) is 0 Å². The van der Waals surface area contributed by atoms with E-state index in [1.54, 1.807) is 30.3 Å². The van der Waals surface area contributed by atoms with Crippen molar-refractivity contribution in [3.63, 3.8) is 0 Å². The Morgan fingerprint density at radius 2 is 2.00 bits per heavy atom. The van der Waals surface area contributed by atoms with Gasteiger partial charge in [-0.2, -0.15) is 0 Å². The minimum atomic E-state index is -1.04. The van der Waals surface area contributed by atoms with Crippen molar-refractivity contribution >= 4 is 17.6 Å². The molecule has 0 aliphatic carbocycles. The third kappa shape index (κ3) is 4.66. The zero-order valence-corrected chi connectivity index (χ0v) is 8.33. The molecule has 0 spiro atoms. The molecule has 2 aromatic rings. The highest BCUT2D eigenvalue weighted by atomic mass is 16.5. The number of nitrogens with one attached hydrogen (secondary N) is 1. The zero-order valence-electron chi connectivity index (χ0n) is 8.33. The molecular weight excluding hydrogens is 210 g/mol. The van der Waals surface area contributed by atoms with Gasteiger partial charge in [-0.05, 0) is 12.1 Å². The van der Waals surface area contributed by atoms with Gasteiger partial charge in [-0.15, -0.1) is 0 Å². The number of rotatable bonds is 1.